The minimum absolute atomic E-state index is 0.0435. The molecule has 0 radical (unpaired) electrons. The summed E-state index contributed by atoms with van der Waals surface area (Å²) in [5, 5.41) is 2.50. The van der Waals surface area contributed by atoms with Crippen molar-refractivity contribution in [3.8, 4) is 11.5 Å². The number of nitrogens with one attached hydrogen (secondary N) is 1. The zero-order valence-corrected chi connectivity index (χ0v) is 19.7. The van der Waals surface area contributed by atoms with Gasteiger partial charge in [0.2, 0.25) is 15.9 Å². The van der Waals surface area contributed by atoms with Gasteiger partial charge in [-0.1, -0.05) is 19.3 Å². The van der Waals surface area contributed by atoms with Crippen LogP contribution in [0.15, 0.2) is 47.4 Å². The number of amides is 1. The van der Waals surface area contributed by atoms with Crippen molar-refractivity contribution in [2.24, 2.45) is 0 Å². The summed E-state index contributed by atoms with van der Waals surface area (Å²) in [5.74, 6) is -0.0403. The van der Waals surface area contributed by atoms with E-state index < -0.39 is 34.2 Å². The van der Waals surface area contributed by atoms with Gasteiger partial charge in [-0.05, 0) is 49.2 Å². The molecular weight excluding hydrogens is 473 g/mol. The molecule has 0 heterocycles. The van der Waals surface area contributed by atoms with Crippen molar-refractivity contribution in [3.05, 3.63) is 48.0 Å². The van der Waals surface area contributed by atoms with Crippen LogP contribution in [-0.4, -0.2) is 45.4 Å². The van der Waals surface area contributed by atoms with E-state index in [-0.39, 0.29) is 22.4 Å². The second-order valence-electron chi connectivity index (χ2n) is 7.98. The van der Waals surface area contributed by atoms with Crippen LogP contribution < -0.4 is 14.8 Å². The number of rotatable bonds is 8. The predicted molar refractivity (Wildman–Crippen MR) is 120 cm³/mol. The highest BCUT2D eigenvalue weighted by atomic mass is 32.2. The van der Waals surface area contributed by atoms with E-state index in [1.807, 2.05) is 0 Å². The molecule has 0 bridgehead atoms. The highest BCUT2D eigenvalue weighted by Crippen LogP contribution is 2.33. The summed E-state index contributed by atoms with van der Waals surface area (Å²) in [4.78, 5) is 12.7. The number of carbonyl (C=O) groups excluding carboxylic acids is 1. The number of hydrogen-bond donors (Lipinski definition) is 1. The quantitative estimate of drug-likeness (QED) is 0.569. The van der Waals surface area contributed by atoms with Crippen molar-refractivity contribution in [3.63, 3.8) is 0 Å². The van der Waals surface area contributed by atoms with Crippen molar-refractivity contribution >= 4 is 21.6 Å². The Morgan fingerprint density at radius 3 is 2.18 bits per heavy atom. The maximum absolute atomic E-state index is 13.6. The number of ether oxygens (including phenoxy) is 2. The minimum Gasteiger partial charge on any atom is -0.493 e. The van der Waals surface area contributed by atoms with Crippen LogP contribution in [-0.2, 0) is 21.0 Å². The van der Waals surface area contributed by atoms with E-state index in [1.165, 1.54) is 36.7 Å². The van der Waals surface area contributed by atoms with Gasteiger partial charge in [-0.15, -0.1) is 0 Å². The molecule has 2 aromatic rings. The molecule has 0 aliphatic heterocycles. The molecule has 0 aromatic heterocycles. The van der Waals surface area contributed by atoms with Crippen LogP contribution in [0.4, 0.5) is 18.9 Å². The largest absolute Gasteiger partial charge is 0.493 e. The van der Waals surface area contributed by atoms with Crippen molar-refractivity contribution in [2.45, 2.75) is 49.2 Å². The lowest BCUT2D eigenvalue weighted by molar-refractivity contribution is -0.137. The first-order valence-electron chi connectivity index (χ1n) is 10.8. The molecule has 3 rings (SSSR count). The van der Waals surface area contributed by atoms with E-state index in [1.54, 1.807) is 0 Å². The van der Waals surface area contributed by atoms with Gasteiger partial charge in [-0.2, -0.15) is 17.5 Å². The number of sulfonamides is 1. The van der Waals surface area contributed by atoms with Crippen LogP contribution in [0.5, 0.6) is 11.5 Å². The number of hydrogen-bond acceptors (Lipinski definition) is 5. The second kappa shape index (κ2) is 10.6. The van der Waals surface area contributed by atoms with Gasteiger partial charge < -0.3 is 14.8 Å². The van der Waals surface area contributed by atoms with E-state index in [2.05, 4.69) is 5.32 Å². The fourth-order valence-electron chi connectivity index (χ4n) is 3.98. The SMILES string of the molecule is COc1ccc(S(=O)(=O)N(CC(=O)Nc2ccc(C(F)(F)F)cc2)C2CCCCC2)cc1OC. The lowest BCUT2D eigenvalue weighted by Crippen LogP contribution is -2.45. The van der Waals surface area contributed by atoms with Crippen molar-refractivity contribution in [1.82, 2.24) is 4.31 Å². The van der Waals surface area contributed by atoms with Crippen molar-refractivity contribution in [2.75, 3.05) is 26.1 Å². The molecule has 0 unspecified atom stereocenters. The molecule has 7 nitrogen and oxygen atoms in total. The molecule has 1 aliphatic rings. The topological polar surface area (TPSA) is 84.9 Å². The van der Waals surface area contributed by atoms with Crippen LogP contribution in [0, 0.1) is 0 Å². The van der Waals surface area contributed by atoms with Gasteiger partial charge in [0.1, 0.15) is 0 Å². The molecule has 1 saturated carbocycles. The average Bonchev–Trinajstić information content (AvgIpc) is 2.82. The molecule has 11 heteroatoms. The number of alkyl halides is 3. The van der Waals surface area contributed by atoms with Gasteiger partial charge >= 0.3 is 6.18 Å². The van der Waals surface area contributed by atoms with Crippen molar-refractivity contribution in [1.29, 1.82) is 0 Å². The molecule has 34 heavy (non-hydrogen) atoms. The maximum atomic E-state index is 13.6. The Balaban J connectivity index is 1.85. The third-order valence-corrected chi connectivity index (χ3v) is 7.63. The number of methoxy groups -OCH3 is 2. The zero-order chi connectivity index (χ0) is 24.9. The van der Waals surface area contributed by atoms with Crippen LogP contribution >= 0.6 is 0 Å². The third-order valence-electron chi connectivity index (χ3n) is 5.74. The normalized spacial score (nSPS) is 15.2. The number of anilines is 1. The molecule has 1 N–H and O–H groups in total. The standard InChI is InChI=1S/C23H27F3N2O5S/c1-32-20-13-12-19(14-21(20)33-2)34(30,31)28(18-6-4-3-5-7-18)15-22(29)27-17-10-8-16(9-11-17)23(24,25)26/h8-14,18H,3-7,15H2,1-2H3,(H,27,29). The molecule has 1 amide bonds. The summed E-state index contributed by atoms with van der Waals surface area (Å²) in [7, 11) is -1.25. The Kier molecular flexibility index (Phi) is 8.09. The summed E-state index contributed by atoms with van der Waals surface area (Å²) in [6, 6.07) is 7.82. The summed E-state index contributed by atoms with van der Waals surface area (Å²) in [5.41, 5.74) is -0.699. The first-order chi connectivity index (χ1) is 16.1. The Labute approximate surface area is 196 Å². The molecule has 2 aromatic carbocycles. The molecule has 0 saturated heterocycles. The highest BCUT2D eigenvalue weighted by Gasteiger charge is 2.35. The van der Waals surface area contributed by atoms with E-state index >= 15 is 0 Å². The minimum atomic E-state index is -4.49. The Bertz CT molecular complexity index is 1100. The third kappa shape index (κ3) is 6.01. The summed E-state index contributed by atoms with van der Waals surface area (Å²) < 4.78 is 77.0. The fourth-order valence-corrected chi connectivity index (χ4v) is 5.63. The summed E-state index contributed by atoms with van der Waals surface area (Å²) in [6.45, 7) is -0.470. The number of benzene rings is 2. The fraction of sp³-hybridized carbons (Fsp3) is 0.435. The van der Waals surface area contributed by atoms with E-state index in [4.69, 9.17) is 9.47 Å². The average molecular weight is 501 g/mol. The number of halogens is 3. The smallest absolute Gasteiger partial charge is 0.416 e. The monoisotopic (exact) mass is 500 g/mol. The van der Waals surface area contributed by atoms with Crippen LogP contribution in [0.25, 0.3) is 0 Å². The summed E-state index contributed by atoms with van der Waals surface area (Å²) in [6.07, 6.45) is -0.612. The molecule has 0 spiro atoms. The summed E-state index contributed by atoms with van der Waals surface area (Å²) >= 11 is 0. The van der Waals surface area contributed by atoms with Gasteiger partial charge in [0.25, 0.3) is 0 Å². The van der Waals surface area contributed by atoms with Gasteiger partial charge in [0.05, 0.1) is 31.2 Å². The number of carbonyl (C=O) groups is 1. The maximum Gasteiger partial charge on any atom is 0.416 e. The Morgan fingerprint density at radius 1 is 1.00 bits per heavy atom. The van der Waals surface area contributed by atoms with E-state index in [0.29, 0.717) is 18.6 Å². The van der Waals surface area contributed by atoms with Gasteiger partial charge in [0, 0.05) is 17.8 Å². The van der Waals surface area contributed by atoms with Gasteiger partial charge in [0.15, 0.2) is 11.5 Å². The number of nitrogens with zero attached hydrogens (tertiary/aromatic N) is 1. The lowest BCUT2D eigenvalue weighted by atomic mass is 9.95. The molecule has 1 aliphatic carbocycles. The van der Waals surface area contributed by atoms with E-state index in [0.717, 1.165) is 43.5 Å². The Morgan fingerprint density at radius 2 is 1.62 bits per heavy atom. The lowest BCUT2D eigenvalue weighted by Gasteiger charge is -2.33. The molecule has 186 valence electrons. The first kappa shape index (κ1) is 25.8. The zero-order valence-electron chi connectivity index (χ0n) is 18.9. The predicted octanol–water partition coefficient (Wildman–Crippen LogP) is 4.68. The van der Waals surface area contributed by atoms with E-state index in [9.17, 15) is 26.4 Å². The first-order valence-corrected chi connectivity index (χ1v) is 12.2. The van der Waals surface area contributed by atoms with Crippen LogP contribution in [0.2, 0.25) is 0 Å². The molecule has 0 atom stereocenters. The molecular formula is C23H27F3N2O5S. The highest BCUT2D eigenvalue weighted by molar-refractivity contribution is 7.89. The van der Waals surface area contributed by atoms with Crippen molar-refractivity contribution < 1.29 is 35.9 Å². The second-order valence-corrected chi connectivity index (χ2v) is 9.87. The van der Waals surface area contributed by atoms with Crippen LogP contribution in [0.1, 0.15) is 37.7 Å². The van der Waals surface area contributed by atoms with Crippen LogP contribution in [0.3, 0.4) is 0 Å². The van der Waals surface area contributed by atoms with Gasteiger partial charge in [-0.3, -0.25) is 4.79 Å². The molecule has 1 fully saturated rings. The van der Waals surface area contributed by atoms with Gasteiger partial charge in [-0.25, -0.2) is 8.42 Å². The Hall–Kier alpha value is -2.79.